The van der Waals surface area contributed by atoms with Gasteiger partial charge in [-0.3, -0.25) is 4.79 Å². The molecule has 1 amide bonds. The average molecular weight is 402 g/mol. The molecule has 2 aliphatic heterocycles. The van der Waals surface area contributed by atoms with Gasteiger partial charge in [0.2, 0.25) is 10.0 Å². The Labute approximate surface area is 162 Å². The molecule has 8 heteroatoms. The number of amides is 1. The van der Waals surface area contributed by atoms with E-state index in [9.17, 15) is 13.2 Å². The fourth-order valence-electron chi connectivity index (χ4n) is 3.76. The highest BCUT2D eigenvalue weighted by Gasteiger charge is 2.33. The Bertz CT molecular complexity index is 720. The van der Waals surface area contributed by atoms with Gasteiger partial charge < -0.3 is 10.2 Å². The monoisotopic (exact) mass is 401 g/mol. The van der Waals surface area contributed by atoms with Crippen molar-refractivity contribution in [1.82, 2.24) is 14.5 Å². The third-order valence-electron chi connectivity index (χ3n) is 5.12. The van der Waals surface area contributed by atoms with Gasteiger partial charge in [0.05, 0.1) is 10.5 Å². The first-order chi connectivity index (χ1) is 12.0. The number of piperidine rings is 1. The number of halogens is 1. The second kappa shape index (κ2) is 9.17. The summed E-state index contributed by atoms with van der Waals surface area (Å²) in [6, 6.07) is 6.65. The van der Waals surface area contributed by atoms with Crippen LogP contribution in [0.5, 0.6) is 0 Å². The number of sulfonamides is 1. The maximum absolute atomic E-state index is 13.0. The van der Waals surface area contributed by atoms with Crippen molar-refractivity contribution in [3.8, 4) is 0 Å². The van der Waals surface area contributed by atoms with Gasteiger partial charge >= 0.3 is 0 Å². The Kier molecular flexibility index (Phi) is 7.46. The van der Waals surface area contributed by atoms with E-state index < -0.39 is 10.0 Å². The zero-order chi connectivity index (χ0) is 17.9. The zero-order valence-corrected chi connectivity index (χ0v) is 16.8. The fourth-order valence-corrected chi connectivity index (χ4v) is 5.46. The molecule has 0 aliphatic carbocycles. The number of carbonyl (C=O) groups is 1. The van der Waals surface area contributed by atoms with E-state index in [4.69, 9.17) is 0 Å². The van der Waals surface area contributed by atoms with Gasteiger partial charge in [-0.1, -0.05) is 18.6 Å². The Morgan fingerprint density at radius 1 is 1.15 bits per heavy atom. The number of rotatable bonds is 5. The molecule has 0 aromatic heterocycles. The second-order valence-electron chi connectivity index (χ2n) is 6.92. The summed E-state index contributed by atoms with van der Waals surface area (Å²) in [4.78, 5) is 14.9. The standard InChI is InChI=1S/C18H27N3O3S.ClH/c1-19-13-15-9-12-20(14-15)18(22)16-7-3-4-8-17(16)25(23,24)21-10-5-2-6-11-21;/h3-4,7-8,15,19H,2,5-6,9-14H2,1H3;1H. The Balaban J connectivity index is 0.00000243. The molecule has 1 aromatic carbocycles. The predicted molar refractivity (Wildman–Crippen MR) is 104 cm³/mol. The van der Waals surface area contributed by atoms with E-state index in [1.165, 1.54) is 4.31 Å². The highest BCUT2D eigenvalue weighted by atomic mass is 35.5. The lowest BCUT2D eigenvalue weighted by Crippen LogP contribution is -2.37. The first kappa shape index (κ1) is 21.2. The minimum Gasteiger partial charge on any atom is -0.338 e. The van der Waals surface area contributed by atoms with Crippen molar-refractivity contribution >= 4 is 28.3 Å². The van der Waals surface area contributed by atoms with Crippen LogP contribution in [-0.4, -0.2) is 63.3 Å². The quantitative estimate of drug-likeness (QED) is 0.818. The third-order valence-corrected chi connectivity index (χ3v) is 7.07. The minimum atomic E-state index is -3.62. The van der Waals surface area contributed by atoms with Crippen molar-refractivity contribution in [3.63, 3.8) is 0 Å². The van der Waals surface area contributed by atoms with Crippen LogP contribution in [-0.2, 0) is 10.0 Å². The van der Waals surface area contributed by atoms with Gasteiger partial charge in [-0.25, -0.2) is 8.42 Å². The molecule has 0 bridgehead atoms. The molecule has 1 atom stereocenters. The summed E-state index contributed by atoms with van der Waals surface area (Å²) >= 11 is 0. The molecule has 1 aromatic rings. The molecule has 26 heavy (non-hydrogen) atoms. The Morgan fingerprint density at radius 2 is 1.85 bits per heavy atom. The molecule has 0 spiro atoms. The molecule has 6 nitrogen and oxygen atoms in total. The number of carbonyl (C=O) groups excluding carboxylic acids is 1. The predicted octanol–water partition coefficient (Wildman–Crippen LogP) is 1.96. The number of benzene rings is 1. The minimum absolute atomic E-state index is 0. The Hall–Kier alpha value is -1.15. The summed E-state index contributed by atoms with van der Waals surface area (Å²) in [6.07, 6.45) is 3.78. The molecule has 2 fully saturated rings. The maximum Gasteiger partial charge on any atom is 0.255 e. The van der Waals surface area contributed by atoms with E-state index in [0.29, 0.717) is 37.7 Å². The zero-order valence-electron chi connectivity index (χ0n) is 15.2. The summed E-state index contributed by atoms with van der Waals surface area (Å²) in [7, 11) is -1.71. The highest BCUT2D eigenvalue weighted by molar-refractivity contribution is 7.89. The first-order valence-electron chi connectivity index (χ1n) is 9.07. The maximum atomic E-state index is 13.0. The van der Waals surface area contributed by atoms with Gasteiger partial charge in [-0.05, 0) is 50.9 Å². The number of nitrogens with zero attached hydrogens (tertiary/aromatic N) is 2. The topological polar surface area (TPSA) is 69.7 Å². The normalized spacial score (nSPS) is 21.4. The van der Waals surface area contributed by atoms with Crippen molar-refractivity contribution in [2.45, 2.75) is 30.6 Å². The van der Waals surface area contributed by atoms with Crippen molar-refractivity contribution in [2.24, 2.45) is 5.92 Å². The second-order valence-corrected chi connectivity index (χ2v) is 8.83. The summed E-state index contributed by atoms with van der Waals surface area (Å²) < 4.78 is 27.6. The van der Waals surface area contributed by atoms with E-state index in [-0.39, 0.29) is 23.2 Å². The van der Waals surface area contributed by atoms with Gasteiger partial charge in [0.15, 0.2) is 0 Å². The lowest BCUT2D eigenvalue weighted by atomic mass is 10.1. The lowest BCUT2D eigenvalue weighted by molar-refractivity contribution is 0.0783. The fraction of sp³-hybridized carbons (Fsp3) is 0.611. The lowest BCUT2D eigenvalue weighted by Gasteiger charge is -2.27. The van der Waals surface area contributed by atoms with E-state index in [1.807, 2.05) is 7.05 Å². The van der Waals surface area contributed by atoms with Crippen LogP contribution in [0.3, 0.4) is 0 Å². The molecular weight excluding hydrogens is 374 g/mol. The van der Waals surface area contributed by atoms with Gasteiger partial charge in [0.25, 0.3) is 5.91 Å². The SMILES string of the molecule is CNCC1CCN(C(=O)c2ccccc2S(=O)(=O)N2CCCCC2)C1.Cl. The molecule has 1 N–H and O–H groups in total. The largest absolute Gasteiger partial charge is 0.338 e. The summed E-state index contributed by atoms with van der Waals surface area (Å²) in [5, 5.41) is 3.15. The van der Waals surface area contributed by atoms with Crippen molar-refractivity contribution in [1.29, 1.82) is 0 Å². The van der Waals surface area contributed by atoms with Crippen molar-refractivity contribution in [2.75, 3.05) is 39.8 Å². The third kappa shape index (κ3) is 4.39. The van der Waals surface area contributed by atoms with Crippen LogP contribution in [0.1, 0.15) is 36.0 Å². The van der Waals surface area contributed by atoms with Crippen LogP contribution in [0, 0.1) is 5.92 Å². The molecule has 1 unspecified atom stereocenters. The van der Waals surface area contributed by atoms with Crippen LogP contribution in [0.25, 0.3) is 0 Å². The van der Waals surface area contributed by atoms with Crippen LogP contribution >= 0.6 is 12.4 Å². The molecule has 146 valence electrons. The molecular formula is C18H28ClN3O3S. The van der Waals surface area contributed by atoms with Crippen LogP contribution < -0.4 is 5.32 Å². The van der Waals surface area contributed by atoms with Gasteiger partial charge in [0.1, 0.15) is 0 Å². The van der Waals surface area contributed by atoms with Crippen LogP contribution in [0.15, 0.2) is 29.2 Å². The summed E-state index contributed by atoms with van der Waals surface area (Å²) in [5.74, 6) is 0.259. The number of likely N-dealkylation sites (tertiary alicyclic amines) is 1. The molecule has 2 saturated heterocycles. The molecule has 2 heterocycles. The van der Waals surface area contributed by atoms with Gasteiger partial charge in [-0.2, -0.15) is 4.31 Å². The van der Waals surface area contributed by atoms with Gasteiger partial charge in [0, 0.05) is 26.2 Å². The Morgan fingerprint density at radius 3 is 2.54 bits per heavy atom. The molecule has 3 rings (SSSR count). The smallest absolute Gasteiger partial charge is 0.255 e. The highest BCUT2D eigenvalue weighted by Crippen LogP contribution is 2.26. The van der Waals surface area contributed by atoms with E-state index in [0.717, 1.165) is 32.2 Å². The van der Waals surface area contributed by atoms with Gasteiger partial charge in [-0.15, -0.1) is 12.4 Å². The van der Waals surface area contributed by atoms with Crippen LogP contribution in [0.4, 0.5) is 0 Å². The average Bonchev–Trinajstić information content (AvgIpc) is 3.11. The van der Waals surface area contributed by atoms with E-state index in [2.05, 4.69) is 5.32 Å². The summed E-state index contributed by atoms with van der Waals surface area (Å²) in [6.45, 7) is 3.32. The first-order valence-corrected chi connectivity index (χ1v) is 10.5. The van der Waals surface area contributed by atoms with E-state index in [1.54, 1.807) is 29.2 Å². The summed E-state index contributed by atoms with van der Waals surface area (Å²) in [5.41, 5.74) is 0.304. The number of hydrogen-bond acceptors (Lipinski definition) is 4. The molecule has 0 saturated carbocycles. The molecule has 0 radical (unpaired) electrons. The molecule has 2 aliphatic rings. The van der Waals surface area contributed by atoms with Crippen molar-refractivity contribution < 1.29 is 13.2 Å². The van der Waals surface area contributed by atoms with Crippen LogP contribution in [0.2, 0.25) is 0 Å². The number of hydrogen-bond donors (Lipinski definition) is 1. The van der Waals surface area contributed by atoms with Crippen molar-refractivity contribution in [3.05, 3.63) is 29.8 Å². The number of nitrogens with one attached hydrogen (secondary N) is 1. The van der Waals surface area contributed by atoms with E-state index >= 15 is 0 Å².